The number of piperidine rings is 1. The molecule has 1 aliphatic heterocycles. The molecule has 0 aliphatic carbocycles. The Balaban J connectivity index is 1.76. The number of hydrogen-bond acceptors (Lipinski definition) is 3. The Morgan fingerprint density at radius 1 is 1.47 bits per heavy atom. The zero-order valence-corrected chi connectivity index (χ0v) is 13.2. The Hall–Kier alpha value is -0.380. The summed E-state index contributed by atoms with van der Waals surface area (Å²) in [6.07, 6.45) is 7.98. The van der Waals surface area contributed by atoms with Crippen molar-refractivity contribution in [2.45, 2.75) is 57.5 Å². The van der Waals surface area contributed by atoms with Gasteiger partial charge in [-0.25, -0.2) is 0 Å². The second kappa shape index (κ2) is 8.03. The van der Waals surface area contributed by atoms with E-state index in [4.69, 9.17) is 0 Å². The van der Waals surface area contributed by atoms with Crippen LogP contribution in [0.5, 0.6) is 0 Å². The minimum Gasteiger partial charge on any atom is -0.309 e. The smallest absolute Gasteiger partial charge is 0.0414 e. The zero-order valence-electron chi connectivity index (χ0n) is 12.4. The van der Waals surface area contributed by atoms with Crippen molar-refractivity contribution in [3.63, 3.8) is 0 Å². The van der Waals surface area contributed by atoms with Gasteiger partial charge in [0.25, 0.3) is 0 Å². The molecule has 1 N–H and O–H groups in total. The largest absolute Gasteiger partial charge is 0.309 e. The molecule has 0 amide bonds. The monoisotopic (exact) mass is 280 g/mol. The quantitative estimate of drug-likeness (QED) is 0.810. The topological polar surface area (TPSA) is 15.3 Å². The number of hydrogen-bond donors (Lipinski definition) is 1. The lowest BCUT2D eigenvalue weighted by Crippen LogP contribution is -2.38. The first-order valence-electron chi connectivity index (χ1n) is 7.78. The second-order valence-electron chi connectivity index (χ2n) is 5.73. The molecule has 1 saturated heterocycles. The molecule has 19 heavy (non-hydrogen) atoms. The molecule has 1 aromatic rings. The van der Waals surface area contributed by atoms with E-state index in [-0.39, 0.29) is 0 Å². The van der Waals surface area contributed by atoms with Gasteiger partial charge >= 0.3 is 0 Å². The summed E-state index contributed by atoms with van der Waals surface area (Å²) in [5, 5.41) is 5.96. The normalized spacial score (nSPS) is 22.5. The van der Waals surface area contributed by atoms with Crippen LogP contribution in [-0.4, -0.2) is 31.1 Å². The predicted octanol–water partition coefficient (Wildman–Crippen LogP) is 4.05. The molecule has 2 nitrogen and oxygen atoms in total. The Morgan fingerprint density at radius 3 is 3.05 bits per heavy atom. The van der Waals surface area contributed by atoms with E-state index in [1.807, 2.05) is 11.3 Å². The summed E-state index contributed by atoms with van der Waals surface area (Å²) in [6, 6.07) is 5.80. The first-order chi connectivity index (χ1) is 9.31. The number of thiophene rings is 1. The molecule has 2 heterocycles. The van der Waals surface area contributed by atoms with Gasteiger partial charge in [0.1, 0.15) is 0 Å². The van der Waals surface area contributed by atoms with Crippen LogP contribution in [-0.2, 0) is 0 Å². The van der Waals surface area contributed by atoms with Crippen molar-refractivity contribution in [3.05, 3.63) is 22.4 Å². The van der Waals surface area contributed by atoms with Gasteiger partial charge in [-0.05, 0) is 57.3 Å². The van der Waals surface area contributed by atoms with Gasteiger partial charge < -0.3 is 10.2 Å². The third-order valence-electron chi connectivity index (χ3n) is 4.25. The van der Waals surface area contributed by atoms with Crippen LogP contribution >= 0.6 is 11.3 Å². The van der Waals surface area contributed by atoms with Crippen LogP contribution in [0, 0.1) is 0 Å². The SMILES string of the molecule is CCCC(NCCC1CCCCN1C)c1cccs1. The van der Waals surface area contributed by atoms with E-state index in [0.717, 1.165) is 12.6 Å². The average molecular weight is 280 g/mol. The predicted molar refractivity (Wildman–Crippen MR) is 84.9 cm³/mol. The lowest BCUT2D eigenvalue weighted by atomic mass is 10.00. The molecule has 0 radical (unpaired) electrons. The van der Waals surface area contributed by atoms with Gasteiger partial charge in [0.05, 0.1) is 0 Å². The van der Waals surface area contributed by atoms with Crippen molar-refractivity contribution >= 4 is 11.3 Å². The Bertz CT molecular complexity index is 337. The second-order valence-corrected chi connectivity index (χ2v) is 6.71. The van der Waals surface area contributed by atoms with E-state index in [1.165, 1.54) is 49.9 Å². The number of nitrogens with one attached hydrogen (secondary N) is 1. The maximum atomic E-state index is 3.77. The van der Waals surface area contributed by atoms with Gasteiger partial charge in [0.15, 0.2) is 0 Å². The van der Waals surface area contributed by atoms with Crippen molar-refractivity contribution in [1.82, 2.24) is 10.2 Å². The summed E-state index contributed by atoms with van der Waals surface area (Å²) in [6.45, 7) is 4.71. The molecular weight excluding hydrogens is 252 g/mol. The fraction of sp³-hybridized carbons (Fsp3) is 0.750. The molecule has 2 atom stereocenters. The van der Waals surface area contributed by atoms with E-state index in [9.17, 15) is 0 Å². The summed E-state index contributed by atoms with van der Waals surface area (Å²) in [5.41, 5.74) is 0. The third-order valence-corrected chi connectivity index (χ3v) is 5.24. The molecule has 0 saturated carbocycles. The van der Waals surface area contributed by atoms with E-state index in [1.54, 1.807) is 0 Å². The summed E-state index contributed by atoms with van der Waals surface area (Å²) < 4.78 is 0. The average Bonchev–Trinajstić information content (AvgIpc) is 2.94. The molecule has 2 rings (SSSR count). The van der Waals surface area contributed by atoms with Crippen LogP contribution in [0.3, 0.4) is 0 Å². The highest BCUT2D eigenvalue weighted by Crippen LogP contribution is 2.24. The first kappa shape index (κ1) is 15.0. The molecule has 1 aliphatic rings. The van der Waals surface area contributed by atoms with Crippen molar-refractivity contribution in [2.24, 2.45) is 0 Å². The highest BCUT2D eigenvalue weighted by Gasteiger charge is 2.19. The van der Waals surface area contributed by atoms with Crippen LogP contribution in [0.25, 0.3) is 0 Å². The fourth-order valence-electron chi connectivity index (χ4n) is 3.06. The van der Waals surface area contributed by atoms with Gasteiger partial charge in [0.2, 0.25) is 0 Å². The van der Waals surface area contributed by atoms with Crippen LogP contribution in [0.2, 0.25) is 0 Å². The van der Waals surface area contributed by atoms with Gasteiger partial charge in [-0.1, -0.05) is 25.8 Å². The van der Waals surface area contributed by atoms with Gasteiger partial charge in [-0.15, -0.1) is 11.3 Å². The minimum absolute atomic E-state index is 0.568. The standard InChI is InChI=1S/C16H28N2S/c1-3-7-15(16-9-6-13-19-16)17-11-10-14-8-4-5-12-18(14)2/h6,9,13-15,17H,3-5,7-8,10-12H2,1-2H3. The van der Waals surface area contributed by atoms with Crippen molar-refractivity contribution in [1.29, 1.82) is 0 Å². The first-order valence-corrected chi connectivity index (χ1v) is 8.66. The molecule has 1 fully saturated rings. The maximum absolute atomic E-state index is 3.77. The van der Waals surface area contributed by atoms with Crippen molar-refractivity contribution in [2.75, 3.05) is 20.1 Å². The van der Waals surface area contributed by atoms with E-state index in [2.05, 4.69) is 41.7 Å². The summed E-state index contributed by atoms with van der Waals surface area (Å²) in [7, 11) is 2.28. The molecular formula is C16H28N2S. The highest BCUT2D eigenvalue weighted by atomic mass is 32.1. The molecule has 2 unspecified atom stereocenters. The van der Waals surface area contributed by atoms with Gasteiger partial charge in [0, 0.05) is 17.0 Å². The number of likely N-dealkylation sites (tertiary alicyclic amines) is 1. The van der Waals surface area contributed by atoms with E-state index < -0.39 is 0 Å². The van der Waals surface area contributed by atoms with Crippen LogP contribution in [0.4, 0.5) is 0 Å². The molecule has 0 bridgehead atoms. The molecule has 1 aromatic heterocycles. The lowest BCUT2D eigenvalue weighted by Gasteiger charge is -2.33. The minimum atomic E-state index is 0.568. The van der Waals surface area contributed by atoms with E-state index >= 15 is 0 Å². The Morgan fingerprint density at radius 2 is 2.37 bits per heavy atom. The summed E-state index contributed by atoms with van der Waals surface area (Å²) >= 11 is 1.88. The molecule has 0 spiro atoms. The molecule has 0 aromatic carbocycles. The zero-order chi connectivity index (χ0) is 13.5. The maximum Gasteiger partial charge on any atom is 0.0414 e. The fourth-order valence-corrected chi connectivity index (χ4v) is 3.89. The molecule has 108 valence electrons. The Labute approximate surface area is 122 Å². The summed E-state index contributed by atoms with van der Waals surface area (Å²) in [4.78, 5) is 4.05. The number of rotatable bonds is 7. The lowest BCUT2D eigenvalue weighted by molar-refractivity contribution is 0.174. The van der Waals surface area contributed by atoms with Crippen molar-refractivity contribution < 1.29 is 0 Å². The highest BCUT2D eigenvalue weighted by molar-refractivity contribution is 7.10. The van der Waals surface area contributed by atoms with Crippen LogP contribution in [0.1, 0.15) is 56.4 Å². The summed E-state index contributed by atoms with van der Waals surface area (Å²) in [5.74, 6) is 0. The van der Waals surface area contributed by atoms with Gasteiger partial charge in [-0.2, -0.15) is 0 Å². The van der Waals surface area contributed by atoms with Gasteiger partial charge in [-0.3, -0.25) is 0 Å². The van der Waals surface area contributed by atoms with Crippen LogP contribution in [0.15, 0.2) is 17.5 Å². The molecule has 3 heteroatoms. The van der Waals surface area contributed by atoms with Crippen molar-refractivity contribution in [3.8, 4) is 0 Å². The van der Waals surface area contributed by atoms with E-state index in [0.29, 0.717) is 6.04 Å². The van der Waals surface area contributed by atoms with Crippen LogP contribution < -0.4 is 5.32 Å². The number of nitrogens with zero attached hydrogens (tertiary/aromatic N) is 1. The Kier molecular flexibility index (Phi) is 6.35. The third kappa shape index (κ3) is 4.59.